The second kappa shape index (κ2) is 5.28. The summed E-state index contributed by atoms with van der Waals surface area (Å²) >= 11 is 0. The number of aromatic carboxylic acids is 1. The quantitative estimate of drug-likeness (QED) is 0.642. The van der Waals surface area contributed by atoms with Crippen molar-refractivity contribution >= 4 is 27.2 Å². The Bertz CT molecular complexity index is 704. The van der Waals surface area contributed by atoms with Gasteiger partial charge in [0.2, 0.25) is 0 Å². The predicted molar refractivity (Wildman–Crippen MR) is 70.9 cm³/mol. The number of rotatable bonds is 3. The molecule has 1 aromatic carbocycles. The van der Waals surface area contributed by atoms with E-state index in [1.54, 1.807) is 0 Å². The van der Waals surface area contributed by atoms with E-state index in [2.05, 4.69) is 0 Å². The molecule has 1 heterocycles. The van der Waals surface area contributed by atoms with Gasteiger partial charge >= 0.3 is 5.97 Å². The second-order valence-corrected chi connectivity index (χ2v) is 6.83. The minimum absolute atomic E-state index is 0.0100. The van der Waals surface area contributed by atoms with Gasteiger partial charge in [0, 0.05) is 13.1 Å². The zero-order chi connectivity index (χ0) is 15.8. The van der Waals surface area contributed by atoms with Crippen molar-refractivity contribution in [3.8, 4) is 0 Å². The maximum Gasteiger partial charge on any atom is 0.342 e. The van der Waals surface area contributed by atoms with E-state index in [4.69, 9.17) is 5.11 Å². The van der Waals surface area contributed by atoms with Gasteiger partial charge in [-0.15, -0.1) is 0 Å². The van der Waals surface area contributed by atoms with Crippen molar-refractivity contribution in [2.45, 2.75) is 0 Å². The molecule has 0 unspecified atom stereocenters. The highest BCUT2D eigenvalue weighted by Gasteiger charge is 2.28. The Morgan fingerprint density at radius 1 is 1.33 bits per heavy atom. The minimum atomic E-state index is -3.17. The number of nitrogens with zero attached hydrogens (tertiary/aromatic N) is 2. The Hall–Kier alpha value is -2.23. The van der Waals surface area contributed by atoms with Gasteiger partial charge < -0.3 is 10.0 Å². The van der Waals surface area contributed by atoms with Crippen LogP contribution in [0.15, 0.2) is 12.1 Å². The summed E-state index contributed by atoms with van der Waals surface area (Å²) in [5.41, 5.74) is -1.62. The molecule has 0 spiro atoms. The smallest absolute Gasteiger partial charge is 0.342 e. The maximum absolute atomic E-state index is 13.9. The van der Waals surface area contributed by atoms with E-state index in [0.29, 0.717) is 6.07 Å². The summed E-state index contributed by atoms with van der Waals surface area (Å²) in [5, 5.41) is 19.7. The average Bonchev–Trinajstić information content (AvgIpc) is 2.38. The minimum Gasteiger partial charge on any atom is -0.477 e. The first-order valence-electron chi connectivity index (χ1n) is 5.88. The lowest BCUT2D eigenvalue weighted by molar-refractivity contribution is -0.385. The number of sulfone groups is 1. The highest BCUT2D eigenvalue weighted by Crippen LogP contribution is 2.29. The standard InChI is InChI=1S/C11H11FN2O6S/c12-8-6-9(14(17)18)7(11(15)16)5-10(8)13-1-3-21(19,20)4-2-13/h5-6H,1-4H2,(H,15,16). The van der Waals surface area contributed by atoms with Crippen molar-refractivity contribution in [2.24, 2.45) is 0 Å². The number of anilines is 1. The molecule has 0 atom stereocenters. The van der Waals surface area contributed by atoms with E-state index in [0.717, 1.165) is 6.07 Å². The molecule has 1 N–H and O–H groups in total. The number of halogens is 1. The first-order chi connectivity index (χ1) is 9.71. The van der Waals surface area contributed by atoms with Gasteiger partial charge in [-0.05, 0) is 6.07 Å². The summed E-state index contributed by atoms with van der Waals surface area (Å²) in [7, 11) is -3.17. The number of carboxylic acid groups (broad SMARTS) is 1. The lowest BCUT2D eigenvalue weighted by Crippen LogP contribution is -2.40. The largest absolute Gasteiger partial charge is 0.477 e. The number of hydrogen-bond acceptors (Lipinski definition) is 6. The van der Waals surface area contributed by atoms with E-state index < -0.39 is 37.8 Å². The van der Waals surface area contributed by atoms with Crippen molar-refractivity contribution in [1.82, 2.24) is 0 Å². The van der Waals surface area contributed by atoms with E-state index in [9.17, 15) is 27.7 Å². The molecule has 1 saturated heterocycles. The van der Waals surface area contributed by atoms with Crippen LogP contribution in [0.5, 0.6) is 0 Å². The van der Waals surface area contributed by atoms with Crippen LogP contribution < -0.4 is 4.90 Å². The van der Waals surface area contributed by atoms with Crippen LogP contribution in [-0.4, -0.2) is 49.0 Å². The van der Waals surface area contributed by atoms with Crippen LogP contribution in [0.25, 0.3) is 0 Å². The molecule has 0 saturated carbocycles. The molecule has 114 valence electrons. The zero-order valence-electron chi connectivity index (χ0n) is 10.7. The van der Waals surface area contributed by atoms with Gasteiger partial charge in [0.15, 0.2) is 15.7 Å². The molecule has 1 aliphatic heterocycles. The molecule has 0 aromatic heterocycles. The molecule has 21 heavy (non-hydrogen) atoms. The fourth-order valence-corrected chi connectivity index (χ4v) is 3.27. The fourth-order valence-electron chi connectivity index (χ4n) is 2.07. The van der Waals surface area contributed by atoms with Crippen LogP contribution >= 0.6 is 0 Å². The van der Waals surface area contributed by atoms with E-state index in [1.807, 2.05) is 0 Å². The number of hydrogen-bond donors (Lipinski definition) is 1. The van der Waals surface area contributed by atoms with Crippen LogP contribution in [0.4, 0.5) is 15.8 Å². The second-order valence-electron chi connectivity index (χ2n) is 4.52. The van der Waals surface area contributed by atoms with Crippen LogP contribution in [0.2, 0.25) is 0 Å². The third-order valence-corrected chi connectivity index (χ3v) is 4.79. The number of carbonyl (C=O) groups is 1. The van der Waals surface area contributed by atoms with Crippen LogP contribution in [0.1, 0.15) is 10.4 Å². The van der Waals surface area contributed by atoms with Gasteiger partial charge in [0.1, 0.15) is 5.56 Å². The lowest BCUT2D eigenvalue weighted by atomic mass is 10.1. The number of nitro benzene ring substituents is 1. The van der Waals surface area contributed by atoms with Crippen LogP contribution in [0.3, 0.4) is 0 Å². The molecule has 8 nitrogen and oxygen atoms in total. The van der Waals surface area contributed by atoms with Crippen LogP contribution in [0, 0.1) is 15.9 Å². The molecule has 0 bridgehead atoms. The summed E-state index contributed by atoms with van der Waals surface area (Å²) in [4.78, 5) is 22.2. The summed E-state index contributed by atoms with van der Waals surface area (Å²) in [6.07, 6.45) is 0. The van der Waals surface area contributed by atoms with Gasteiger partial charge in [-0.2, -0.15) is 0 Å². The Kier molecular flexibility index (Phi) is 3.81. The molecule has 0 amide bonds. The number of benzene rings is 1. The molecule has 0 aliphatic carbocycles. The van der Waals surface area contributed by atoms with Crippen LogP contribution in [-0.2, 0) is 9.84 Å². The van der Waals surface area contributed by atoms with E-state index >= 15 is 0 Å². The molecule has 10 heteroatoms. The Morgan fingerprint density at radius 3 is 2.38 bits per heavy atom. The Morgan fingerprint density at radius 2 is 1.90 bits per heavy atom. The molecule has 1 aliphatic rings. The Balaban J connectivity index is 2.44. The maximum atomic E-state index is 13.9. The number of nitro groups is 1. The molecular formula is C11H11FN2O6S. The summed E-state index contributed by atoms with van der Waals surface area (Å²) in [6.45, 7) is 0.0201. The summed E-state index contributed by atoms with van der Waals surface area (Å²) in [5.74, 6) is -2.85. The molecule has 1 aromatic rings. The topological polar surface area (TPSA) is 118 Å². The Labute approximate surface area is 118 Å². The van der Waals surface area contributed by atoms with Gasteiger partial charge in [-0.25, -0.2) is 17.6 Å². The highest BCUT2D eigenvalue weighted by molar-refractivity contribution is 7.91. The van der Waals surface area contributed by atoms with E-state index in [-0.39, 0.29) is 30.3 Å². The van der Waals surface area contributed by atoms with Gasteiger partial charge in [0.05, 0.1) is 28.2 Å². The first-order valence-corrected chi connectivity index (χ1v) is 7.70. The summed E-state index contributed by atoms with van der Waals surface area (Å²) in [6, 6.07) is 1.41. The fraction of sp³-hybridized carbons (Fsp3) is 0.364. The predicted octanol–water partition coefficient (Wildman–Crippen LogP) is 0.667. The molecule has 1 fully saturated rings. The van der Waals surface area contributed by atoms with Crippen molar-refractivity contribution in [1.29, 1.82) is 0 Å². The van der Waals surface area contributed by atoms with Crippen molar-refractivity contribution in [3.05, 3.63) is 33.6 Å². The number of carboxylic acids is 1. The average molecular weight is 318 g/mol. The van der Waals surface area contributed by atoms with Gasteiger partial charge in [0.25, 0.3) is 5.69 Å². The lowest BCUT2D eigenvalue weighted by Gasteiger charge is -2.29. The molecule has 2 rings (SSSR count). The van der Waals surface area contributed by atoms with Crippen molar-refractivity contribution in [2.75, 3.05) is 29.5 Å². The van der Waals surface area contributed by atoms with Crippen molar-refractivity contribution in [3.63, 3.8) is 0 Å². The van der Waals surface area contributed by atoms with Gasteiger partial charge in [-0.3, -0.25) is 10.1 Å². The monoisotopic (exact) mass is 318 g/mol. The third-order valence-electron chi connectivity index (χ3n) is 3.18. The zero-order valence-corrected chi connectivity index (χ0v) is 11.5. The molecule has 0 radical (unpaired) electrons. The first kappa shape index (κ1) is 15.2. The highest BCUT2D eigenvalue weighted by atomic mass is 32.2. The SMILES string of the molecule is O=C(O)c1cc(N2CCS(=O)(=O)CC2)c(F)cc1[N+](=O)[O-]. The molecular weight excluding hydrogens is 307 g/mol. The summed E-state index contributed by atoms with van der Waals surface area (Å²) < 4.78 is 36.6. The van der Waals surface area contributed by atoms with E-state index in [1.165, 1.54) is 4.90 Å². The normalized spacial score (nSPS) is 17.5. The van der Waals surface area contributed by atoms with Gasteiger partial charge in [-0.1, -0.05) is 0 Å². The third kappa shape index (κ3) is 3.10. The van der Waals surface area contributed by atoms with Crippen molar-refractivity contribution < 1.29 is 27.6 Å².